The van der Waals surface area contributed by atoms with E-state index in [0.29, 0.717) is 6.54 Å². The van der Waals surface area contributed by atoms with Crippen LogP contribution in [-0.2, 0) is 4.74 Å². The highest BCUT2D eigenvalue weighted by Gasteiger charge is 2.17. The molecule has 0 aliphatic carbocycles. The van der Waals surface area contributed by atoms with Crippen molar-refractivity contribution in [3.8, 4) is 5.75 Å². The fraction of sp³-hybridized carbons (Fsp3) is 0.588. The zero-order valence-corrected chi connectivity index (χ0v) is 14.4. The van der Waals surface area contributed by atoms with E-state index in [9.17, 15) is 4.79 Å². The SMILES string of the molecule is COc1ccccc1[C@@H](C)NC(C)CNC(=O)OC(C)(C)C. The lowest BCUT2D eigenvalue weighted by molar-refractivity contribution is 0.0522. The topological polar surface area (TPSA) is 59.6 Å². The molecule has 0 aliphatic rings. The molecule has 22 heavy (non-hydrogen) atoms. The van der Waals surface area contributed by atoms with Crippen LogP contribution in [0.1, 0.15) is 46.2 Å². The molecular weight excluding hydrogens is 280 g/mol. The van der Waals surface area contributed by atoms with E-state index in [-0.39, 0.29) is 12.1 Å². The first kappa shape index (κ1) is 18.3. The van der Waals surface area contributed by atoms with E-state index in [2.05, 4.69) is 17.6 Å². The minimum Gasteiger partial charge on any atom is -0.496 e. The summed E-state index contributed by atoms with van der Waals surface area (Å²) in [5, 5.41) is 6.21. The number of hydrogen-bond donors (Lipinski definition) is 2. The molecule has 5 nitrogen and oxygen atoms in total. The third-order valence-electron chi connectivity index (χ3n) is 3.09. The molecule has 1 unspecified atom stereocenters. The quantitative estimate of drug-likeness (QED) is 0.847. The van der Waals surface area contributed by atoms with Gasteiger partial charge < -0.3 is 20.1 Å². The highest BCUT2D eigenvalue weighted by molar-refractivity contribution is 5.67. The summed E-state index contributed by atoms with van der Waals surface area (Å²) in [7, 11) is 1.67. The number of nitrogens with one attached hydrogen (secondary N) is 2. The lowest BCUT2D eigenvalue weighted by Crippen LogP contribution is -2.42. The number of carbonyl (C=O) groups is 1. The molecular formula is C17H28N2O3. The van der Waals surface area contributed by atoms with Gasteiger partial charge in [0.25, 0.3) is 0 Å². The third-order valence-corrected chi connectivity index (χ3v) is 3.09. The van der Waals surface area contributed by atoms with Crippen LogP contribution in [0.5, 0.6) is 5.75 Å². The average Bonchev–Trinajstić information content (AvgIpc) is 2.43. The second-order valence-corrected chi connectivity index (χ2v) is 6.41. The Kier molecular flexibility index (Phi) is 6.68. The molecule has 0 bridgehead atoms. The summed E-state index contributed by atoms with van der Waals surface area (Å²) in [6.07, 6.45) is -0.397. The number of carbonyl (C=O) groups excluding carboxylic acids is 1. The van der Waals surface area contributed by atoms with Crippen LogP contribution in [0.3, 0.4) is 0 Å². The molecule has 2 atom stereocenters. The molecule has 1 aromatic rings. The lowest BCUT2D eigenvalue weighted by atomic mass is 10.1. The molecule has 2 N–H and O–H groups in total. The summed E-state index contributed by atoms with van der Waals surface area (Å²) < 4.78 is 10.6. The fourth-order valence-corrected chi connectivity index (χ4v) is 2.15. The van der Waals surface area contributed by atoms with Gasteiger partial charge in [0.1, 0.15) is 11.4 Å². The van der Waals surface area contributed by atoms with E-state index in [1.54, 1.807) is 7.11 Å². The summed E-state index contributed by atoms with van der Waals surface area (Å²) >= 11 is 0. The van der Waals surface area contributed by atoms with Crippen LogP contribution in [0.4, 0.5) is 4.79 Å². The zero-order valence-electron chi connectivity index (χ0n) is 14.4. The molecule has 5 heteroatoms. The van der Waals surface area contributed by atoms with Crippen LogP contribution in [0.15, 0.2) is 24.3 Å². The van der Waals surface area contributed by atoms with Gasteiger partial charge in [0.05, 0.1) is 7.11 Å². The summed E-state index contributed by atoms with van der Waals surface area (Å²) in [5.74, 6) is 0.856. The third kappa shape index (κ3) is 6.35. The number of para-hydroxylation sites is 1. The van der Waals surface area contributed by atoms with Gasteiger partial charge in [0, 0.05) is 24.2 Å². The molecule has 0 heterocycles. The van der Waals surface area contributed by atoms with E-state index in [0.717, 1.165) is 11.3 Å². The van der Waals surface area contributed by atoms with Gasteiger partial charge in [-0.25, -0.2) is 4.79 Å². The van der Waals surface area contributed by atoms with Gasteiger partial charge in [-0.05, 0) is 40.7 Å². The van der Waals surface area contributed by atoms with Crippen molar-refractivity contribution in [1.29, 1.82) is 0 Å². The molecule has 0 saturated carbocycles. The summed E-state index contributed by atoms with van der Waals surface area (Å²) in [5.41, 5.74) is 0.611. The van der Waals surface area contributed by atoms with Gasteiger partial charge >= 0.3 is 6.09 Å². The van der Waals surface area contributed by atoms with Gasteiger partial charge in [0.15, 0.2) is 0 Å². The monoisotopic (exact) mass is 308 g/mol. The Morgan fingerprint density at radius 2 is 1.86 bits per heavy atom. The van der Waals surface area contributed by atoms with Crippen molar-refractivity contribution in [3.05, 3.63) is 29.8 Å². The van der Waals surface area contributed by atoms with Crippen molar-refractivity contribution in [2.45, 2.75) is 52.3 Å². The van der Waals surface area contributed by atoms with Crippen molar-refractivity contribution >= 4 is 6.09 Å². The van der Waals surface area contributed by atoms with Crippen LogP contribution < -0.4 is 15.4 Å². The first-order valence-corrected chi connectivity index (χ1v) is 7.58. The maximum atomic E-state index is 11.6. The molecule has 0 radical (unpaired) electrons. The zero-order chi connectivity index (χ0) is 16.8. The molecule has 1 rings (SSSR count). The Bertz CT molecular complexity index is 483. The minimum absolute atomic E-state index is 0.104. The number of methoxy groups -OCH3 is 1. The summed E-state index contributed by atoms with van der Waals surface area (Å²) in [6, 6.07) is 8.13. The smallest absolute Gasteiger partial charge is 0.407 e. The number of benzene rings is 1. The van der Waals surface area contributed by atoms with E-state index in [1.165, 1.54) is 0 Å². The van der Waals surface area contributed by atoms with Crippen LogP contribution in [0, 0.1) is 0 Å². The van der Waals surface area contributed by atoms with Gasteiger partial charge in [-0.3, -0.25) is 0 Å². The van der Waals surface area contributed by atoms with E-state index in [4.69, 9.17) is 9.47 Å². The Morgan fingerprint density at radius 1 is 1.23 bits per heavy atom. The predicted octanol–water partition coefficient (Wildman–Crippen LogP) is 3.26. The second-order valence-electron chi connectivity index (χ2n) is 6.41. The van der Waals surface area contributed by atoms with E-state index in [1.807, 2.05) is 52.0 Å². The molecule has 0 fully saturated rings. The van der Waals surface area contributed by atoms with Crippen LogP contribution in [-0.4, -0.2) is 31.4 Å². The van der Waals surface area contributed by atoms with Crippen LogP contribution >= 0.6 is 0 Å². The van der Waals surface area contributed by atoms with Crippen LogP contribution in [0.2, 0.25) is 0 Å². The molecule has 124 valence electrons. The van der Waals surface area contributed by atoms with Crippen molar-refractivity contribution in [2.24, 2.45) is 0 Å². The molecule has 1 amide bonds. The average molecular weight is 308 g/mol. The Morgan fingerprint density at radius 3 is 2.45 bits per heavy atom. The Balaban J connectivity index is 2.47. The summed E-state index contributed by atoms with van der Waals surface area (Å²) in [6.45, 7) is 10.1. The lowest BCUT2D eigenvalue weighted by Gasteiger charge is -2.24. The highest BCUT2D eigenvalue weighted by Crippen LogP contribution is 2.24. The fourth-order valence-electron chi connectivity index (χ4n) is 2.15. The molecule has 0 spiro atoms. The second kappa shape index (κ2) is 8.03. The van der Waals surface area contributed by atoms with Crippen LogP contribution in [0.25, 0.3) is 0 Å². The number of amides is 1. The van der Waals surface area contributed by atoms with Gasteiger partial charge in [-0.1, -0.05) is 18.2 Å². The van der Waals surface area contributed by atoms with Gasteiger partial charge in [0.2, 0.25) is 0 Å². The first-order chi connectivity index (χ1) is 10.2. The maximum absolute atomic E-state index is 11.6. The number of rotatable bonds is 6. The van der Waals surface area contributed by atoms with Crippen molar-refractivity contribution in [3.63, 3.8) is 0 Å². The largest absolute Gasteiger partial charge is 0.496 e. The predicted molar refractivity (Wildman–Crippen MR) is 88.2 cm³/mol. The maximum Gasteiger partial charge on any atom is 0.407 e. The van der Waals surface area contributed by atoms with Gasteiger partial charge in [-0.2, -0.15) is 0 Å². The van der Waals surface area contributed by atoms with Crippen molar-refractivity contribution in [1.82, 2.24) is 10.6 Å². The molecule has 1 aromatic carbocycles. The Hall–Kier alpha value is -1.75. The Labute approximate surface area is 133 Å². The first-order valence-electron chi connectivity index (χ1n) is 7.58. The van der Waals surface area contributed by atoms with Gasteiger partial charge in [-0.15, -0.1) is 0 Å². The van der Waals surface area contributed by atoms with Crippen molar-refractivity contribution in [2.75, 3.05) is 13.7 Å². The standard InChI is InChI=1S/C17H28N2O3/c1-12(11-18-16(20)22-17(3,4)5)19-13(2)14-9-7-8-10-15(14)21-6/h7-10,12-13,19H,11H2,1-6H3,(H,18,20)/t12?,13-/m1/s1. The highest BCUT2D eigenvalue weighted by atomic mass is 16.6. The summed E-state index contributed by atoms with van der Waals surface area (Å²) in [4.78, 5) is 11.6. The molecule has 0 aliphatic heterocycles. The minimum atomic E-state index is -0.481. The normalized spacial score (nSPS) is 14.1. The van der Waals surface area contributed by atoms with E-state index < -0.39 is 11.7 Å². The number of hydrogen-bond acceptors (Lipinski definition) is 4. The number of ether oxygens (including phenoxy) is 2. The number of alkyl carbamates (subject to hydrolysis) is 1. The van der Waals surface area contributed by atoms with E-state index >= 15 is 0 Å². The molecule has 0 saturated heterocycles. The van der Waals surface area contributed by atoms with Crippen molar-refractivity contribution < 1.29 is 14.3 Å². The molecule has 0 aromatic heterocycles.